The van der Waals surface area contributed by atoms with E-state index in [0.717, 1.165) is 27.9 Å². The SMILES string of the molecule is Cc1ccccc1-c1c(C#N)cccc1-c1ccncn1. The van der Waals surface area contributed by atoms with Crippen LogP contribution in [0, 0.1) is 18.3 Å². The molecule has 100 valence electrons. The normalized spacial score (nSPS) is 10.1. The lowest BCUT2D eigenvalue weighted by Crippen LogP contribution is -1.93. The highest BCUT2D eigenvalue weighted by atomic mass is 14.8. The van der Waals surface area contributed by atoms with Gasteiger partial charge in [-0.15, -0.1) is 0 Å². The van der Waals surface area contributed by atoms with Gasteiger partial charge in [-0.25, -0.2) is 9.97 Å². The standard InChI is InChI=1S/C18H13N3/c1-13-5-2-3-7-15(13)18-14(11-19)6-4-8-16(18)17-9-10-20-12-21-17/h2-10,12H,1H3. The summed E-state index contributed by atoms with van der Waals surface area (Å²) in [6.45, 7) is 2.05. The Morgan fingerprint density at radius 1 is 0.952 bits per heavy atom. The van der Waals surface area contributed by atoms with Crippen molar-refractivity contribution in [3.05, 3.63) is 72.2 Å². The fourth-order valence-corrected chi connectivity index (χ4v) is 2.45. The molecular weight excluding hydrogens is 258 g/mol. The van der Waals surface area contributed by atoms with Crippen molar-refractivity contribution in [3.63, 3.8) is 0 Å². The molecule has 0 saturated heterocycles. The van der Waals surface area contributed by atoms with Gasteiger partial charge in [-0.3, -0.25) is 0 Å². The average molecular weight is 271 g/mol. The number of rotatable bonds is 2. The van der Waals surface area contributed by atoms with Gasteiger partial charge in [-0.2, -0.15) is 5.26 Å². The Labute approximate surface area is 123 Å². The van der Waals surface area contributed by atoms with Gasteiger partial charge in [0.25, 0.3) is 0 Å². The molecule has 0 saturated carbocycles. The van der Waals surface area contributed by atoms with Crippen LogP contribution in [0.15, 0.2) is 61.1 Å². The van der Waals surface area contributed by atoms with E-state index in [0.29, 0.717) is 5.56 Å². The van der Waals surface area contributed by atoms with Crippen molar-refractivity contribution >= 4 is 0 Å². The van der Waals surface area contributed by atoms with Crippen molar-refractivity contribution in [2.24, 2.45) is 0 Å². The highest BCUT2D eigenvalue weighted by Crippen LogP contribution is 2.35. The summed E-state index contributed by atoms with van der Waals surface area (Å²) in [6.07, 6.45) is 3.24. The van der Waals surface area contributed by atoms with E-state index in [1.54, 1.807) is 6.20 Å². The Bertz CT molecular complexity index is 817. The summed E-state index contributed by atoms with van der Waals surface area (Å²) in [4.78, 5) is 8.28. The topological polar surface area (TPSA) is 49.6 Å². The molecule has 0 bridgehead atoms. The zero-order valence-electron chi connectivity index (χ0n) is 11.6. The summed E-state index contributed by atoms with van der Waals surface area (Å²) in [5.41, 5.74) is 5.54. The summed E-state index contributed by atoms with van der Waals surface area (Å²) in [7, 11) is 0. The Morgan fingerprint density at radius 2 is 1.76 bits per heavy atom. The predicted octanol–water partition coefficient (Wildman–Crippen LogP) is 3.99. The summed E-state index contributed by atoms with van der Waals surface area (Å²) in [5.74, 6) is 0. The zero-order chi connectivity index (χ0) is 14.7. The van der Waals surface area contributed by atoms with Crippen LogP contribution in [0.3, 0.4) is 0 Å². The van der Waals surface area contributed by atoms with Crippen LogP contribution in [0.4, 0.5) is 0 Å². The van der Waals surface area contributed by atoms with Crippen LogP contribution in [-0.2, 0) is 0 Å². The Balaban J connectivity index is 2.34. The lowest BCUT2D eigenvalue weighted by molar-refractivity contribution is 1.17. The Kier molecular flexibility index (Phi) is 3.44. The third-order valence-corrected chi connectivity index (χ3v) is 3.46. The monoisotopic (exact) mass is 271 g/mol. The number of hydrogen-bond acceptors (Lipinski definition) is 3. The van der Waals surface area contributed by atoms with Crippen LogP contribution < -0.4 is 0 Å². The number of hydrogen-bond donors (Lipinski definition) is 0. The van der Waals surface area contributed by atoms with Crippen molar-refractivity contribution in [1.82, 2.24) is 9.97 Å². The van der Waals surface area contributed by atoms with E-state index in [-0.39, 0.29) is 0 Å². The van der Waals surface area contributed by atoms with Gasteiger partial charge < -0.3 is 0 Å². The molecule has 0 radical (unpaired) electrons. The van der Waals surface area contributed by atoms with Crippen LogP contribution in [0.1, 0.15) is 11.1 Å². The molecule has 2 aromatic carbocycles. The molecule has 0 N–H and O–H groups in total. The maximum Gasteiger partial charge on any atom is 0.116 e. The number of aryl methyl sites for hydroxylation is 1. The second-order valence-electron chi connectivity index (χ2n) is 4.75. The van der Waals surface area contributed by atoms with Crippen molar-refractivity contribution in [1.29, 1.82) is 5.26 Å². The van der Waals surface area contributed by atoms with Gasteiger partial charge in [-0.1, -0.05) is 36.4 Å². The van der Waals surface area contributed by atoms with Gasteiger partial charge in [0.05, 0.1) is 17.3 Å². The molecule has 1 aromatic heterocycles. The number of aromatic nitrogens is 2. The molecule has 0 atom stereocenters. The van der Waals surface area contributed by atoms with Crippen LogP contribution in [0.2, 0.25) is 0 Å². The molecule has 3 aromatic rings. The van der Waals surface area contributed by atoms with E-state index in [9.17, 15) is 5.26 Å². The largest absolute Gasteiger partial charge is 0.245 e. The van der Waals surface area contributed by atoms with Crippen LogP contribution >= 0.6 is 0 Å². The first-order valence-corrected chi connectivity index (χ1v) is 6.67. The molecule has 0 amide bonds. The first-order valence-electron chi connectivity index (χ1n) is 6.67. The van der Waals surface area contributed by atoms with Crippen LogP contribution in [0.5, 0.6) is 0 Å². The third kappa shape index (κ3) is 2.39. The molecule has 0 aliphatic heterocycles. The first kappa shape index (κ1) is 13.0. The second kappa shape index (κ2) is 5.56. The van der Waals surface area contributed by atoms with Gasteiger partial charge in [0, 0.05) is 17.3 Å². The van der Waals surface area contributed by atoms with Gasteiger partial charge in [0.1, 0.15) is 6.33 Å². The number of benzene rings is 2. The first-order chi connectivity index (χ1) is 10.3. The van der Waals surface area contributed by atoms with Gasteiger partial charge in [0.15, 0.2) is 0 Å². The highest BCUT2D eigenvalue weighted by Gasteiger charge is 2.14. The summed E-state index contributed by atoms with van der Waals surface area (Å²) >= 11 is 0. The summed E-state index contributed by atoms with van der Waals surface area (Å²) in [6, 6.07) is 17.9. The number of nitriles is 1. The highest BCUT2D eigenvalue weighted by molar-refractivity contribution is 5.87. The molecule has 0 fully saturated rings. The van der Waals surface area contributed by atoms with Crippen LogP contribution in [-0.4, -0.2) is 9.97 Å². The number of nitrogens with zero attached hydrogens (tertiary/aromatic N) is 3. The predicted molar refractivity (Wildman–Crippen MR) is 82.4 cm³/mol. The minimum atomic E-state index is 0.653. The van der Waals surface area contributed by atoms with Gasteiger partial charge in [0.2, 0.25) is 0 Å². The van der Waals surface area contributed by atoms with Gasteiger partial charge in [-0.05, 0) is 30.2 Å². The van der Waals surface area contributed by atoms with E-state index < -0.39 is 0 Å². The third-order valence-electron chi connectivity index (χ3n) is 3.46. The van der Waals surface area contributed by atoms with Crippen molar-refractivity contribution < 1.29 is 0 Å². The molecular formula is C18H13N3. The van der Waals surface area contributed by atoms with Crippen molar-refractivity contribution in [3.8, 4) is 28.5 Å². The van der Waals surface area contributed by atoms with E-state index in [4.69, 9.17) is 0 Å². The molecule has 3 nitrogen and oxygen atoms in total. The summed E-state index contributed by atoms with van der Waals surface area (Å²) in [5, 5.41) is 9.46. The van der Waals surface area contributed by atoms with E-state index in [1.165, 1.54) is 6.33 Å². The maximum atomic E-state index is 9.46. The maximum absolute atomic E-state index is 9.46. The molecule has 0 spiro atoms. The molecule has 0 aliphatic carbocycles. The smallest absolute Gasteiger partial charge is 0.116 e. The van der Waals surface area contributed by atoms with E-state index in [2.05, 4.69) is 16.0 Å². The Hall–Kier alpha value is -2.99. The quantitative estimate of drug-likeness (QED) is 0.708. The van der Waals surface area contributed by atoms with Crippen LogP contribution in [0.25, 0.3) is 22.4 Å². The Morgan fingerprint density at radius 3 is 2.48 bits per heavy atom. The lowest BCUT2D eigenvalue weighted by atomic mass is 9.90. The molecule has 0 unspecified atom stereocenters. The van der Waals surface area contributed by atoms with Gasteiger partial charge >= 0.3 is 0 Å². The fourth-order valence-electron chi connectivity index (χ4n) is 2.45. The molecule has 0 aliphatic rings. The fraction of sp³-hybridized carbons (Fsp3) is 0.0556. The molecule has 1 heterocycles. The van der Waals surface area contributed by atoms with E-state index in [1.807, 2.05) is 55.5 Å². The zero-order valence-corrected chi connectivity index (χ0v) is 11.6. The lowest BCUT2D eigenvalue weighted by Gasteiger charge is -2.13. The minimum Gasteiger partial charge on any atom is -0.245 e. The molecule has 21 heavy (non-hydrogen) atoms. The van der Waals surface area contributed by atoms with Crippen molar-refractivity contribution in [2.45, 2.75) is 6.92 Å². The van der Waals surface area contributed by atoms with Crippen molar-refractivity contribution in [2.75, 3.05) is 0 Å². The molecule has 3 heteroatoms. The average Bonchev–Trinajstić information content (AvgIpc) is 2.55. The minimum absolute atomic E-state index is 0.653. The van der Waals surface area contributed by atoms with E-state index >= 15 is 0 Å². The molecule has 3 rings (SSSR count). The summed E-state index contributed by atoms with van der Waals surface area (Å²) < 4.78 is 0. The second-order valence-corrected chi connectivity index (χ2v) is 4.75.